The molecule has 6 nitrogen and oxygen atoms in total. The van der Waals surface area contributed by atoms with Gasteiger partial charge in [0, 0.05) is 35.8 Å². The Hall–Kier alpha value is -2.80. The molecule has 26 heavy (non-hydrogen) atoms. The maximum absolute atomic E-state index is 12.4. The molecule has 0 aliphatic carbocycles. The van der Waals surface area contributed by atoms with E-state index >= 15 is 0 Å². The van der Waals surface area contributed by atoms with E-state index in [0.29, 0.717) is 6.54 Å². The number of aryl methyl sites for hydroxylation is 1. The fraction of sp³-hybridized carbons (Fsp3) is 0.211. The van der Waals surface area contributed by atoms with Crippen LogP contribution >= 0.6 is 11.8 Å². The number of benzene rings is 2. The van der Waals surface area contributed by atoms with Crippen molar-refractivity contribution in [2.24, 2.45) is 0 Å². The zero-order valence-electron chi connectivity index (χ0n) is 14.3. The highest BCUT2D eigenvalue weighted by molar-refractivity contribution is 7.98. The van der Waals surface area contributed by atoms with E-state index in [9.17, 15) is 14.9 Å². The Labute approximate surface area is 155 Å². The molecule has 0 aliphatic rings. The lowest BCUT2D eigenvalue weighted by Crippen LogP contribution is -2.26. The number of amides is 1. The molecular weight excluding hydrogens is 350 g/mol. The van der Waals surface area contributed by atoms with Gasteiger partial charge in [-0.15, -0.1) is 11.8 Å². The lowest BCUT2D eigenvalue weighted by molar-refractivity contribution is -0.385. The van der Waals surface area contributed by atoms with Crippen molar-refractivity contribution in [1.82, 2.24) is 9.88 Å². The second-order valence-corrected chi connectivity index (χ2v) is 6.70. The van der Waals surface area contributed by atoms with Gasteiger partial charge in [0.05, 0.1) is 4.92 Å². The maximum atomic E-state index is 12.4. The predicted octanol–water partition coefficient (Wildman–Crippen LogP) is 4.09. The summed E-state index contributed by atoms with van der Waals surface area (Å²) in [5, 5.41) is 15.1. The normalized spacial score (nSPS) is 10.8. The molecule has 0 radical (unpaired) electrons. The SMILES string of the molecule is CSc1ccc([N+](=O)[O-])c(C(=O)NCCCn2ccc3ccccc32)c1. The fourth-order valence-corrected chi connectivity index (χ4v) is 3.31. The van der Waals surface area contributed by atoms with Crippen LogP contribution in [-0.4, -0.2) is 28.2 Å². The van der Waals surface area contributed by atoms with Gasteiger partial charge < -0.3 is 9.88 Å². The van der Waals surface area contributed by atoms with Gasteiger partial charge in [0.15, 0.2) is 0 Å². The summed E-state index contributed by atoms with van der Waals surface area (Å²) in [6, 6.07) is 14.8. The molecule has 0 saturated carbocycles. The number of nitrogens with one attached hydrogen (secondary N) is 1. The first-order chi connectivity index (χ1) is 12.6. The number of thioether (sulfide) groups is 1. The van der Waals surface area contributed by atoms with Gasteiger partial charge in [-0.1, -0.05) is 18.2 Å². The van der Waals surface area contributed by atoms with E-state index in [1.165, 1.54) is 23.2 Å². The molecule has 0 saturated heterocycles. The van der Waals surface area contributed by atoms with Crippen LogP contribution in [0.3, 0.4) is 0 Å². The molecule has 3 rings (SSSR count). The van der Waals surface area contributed by atoms with Crippen LogP contribution in [0, 0.1) is 10.1 Å². The summed E-state index contributed by atoms with van der Waals surface area (Å²) in [7, 11) is 0. The number of hydrogen-bond acceptors (Lipinski definition) is 4. The molecule has 0 bridgehead atoms. The van der Waals surface area contributed by atoms with E-state index in [1.54, 1.807) is 12.1 Å². The number of carbonyl (C=O) groups excluding carboxylic acids is 1. The predicted molar refractivity (Wildman–Crippen MR) is 104 cm³/mol. The molecule has 0 aliphatic heterocycles. The molecule has 1 N–H and O–H groups in total. The Morgan fingerprint density at radius 1 is 1.23 bits per heavy atom. The van der Waals surface area contributed by atoms with E-state index < -0.39 is 10.8 Å². The minimum atomic E-state index is -0.523. The van der Waals surface area contributed by atoms with Crippen molar-refractivity contribution < 1.29 is 9.72 Å². The lowest BCUT2D eigenvalue weighted by atomic mass is 10.1. The Kier molecular flexibility index (Phi) is 5.58. The second-order valence-electron chi connectivity index (χ2n) is 5.82. The number of rotatable bonds is 7. The first-order valence-corrected chi connectivity index (χ1v) is 9.47. The monoisotopic (exact) mass is 369 g/mol. The Balaban J connectivity index is 1.61. The highest BCUT2D eigenvalue weighted by atomic mass is 32.2. The van der Waals surface area contributed by atoms with Crippen molar-refractivity contribution in [2.45, 2.75) is 17.9 Å². The summed E-state index contributed by atoms with van der Waals surface area (Å²) in [6.45, 7) is 1.22. The lowest BCUT2D eigenvalue weighted by Gasteiger charge is -2.08. The topological polar surface area (TPSA) is 77.2 Å². The minimum Gasteiger partial charge on any atom is -0.352 e. The van der Waals surface area contributed by atoms with E-state index in [4.69, 9.17) is 0 Å². The van der Waals surface area contributed by atoms with Crippen molar-refractivity contribution in [3.05, 3.63) is 70.4 Å². The highest BCUT2D eigenvalue weighted by Gasteiger charge is 2.20. The quantitative estimate of drug-likeness (QED) is 0.294. The minimum absolute atomic E-state index is 0.105. The van der Waals surface area contributed by atoms with Crippen LogP contribution in [0.15, 0.2) is 59.6 Å². The third kappa shape index (κ3) is 3.88. The van der Waals surface area contributed by atoms with Gasteiger partial charge in [0.1, 0.15) is 5.56 Å². The zero-order valence-corrected chi connectivity index (χ0v) is 15.2. The molecule has 0 spiro atoms. The van der Waals surface area contributed by atoms with E-state index in [1.807, 2.05) is 24.6 Å². The number of nitro benzene ring substituents is 1. The molecule has 134 valence electrons. The standard InChI is InChI=1S/C19H19N3O3S/c1-26-15-7-8-18(22(24)25)16(13-15)19(23)20-10-4-11-21-12-9-14-5-2-3-6-17(14)21/h2-3,5-9,12-13H,4,10-11H2,1H3,(H,20,23). The number of nitro groups is 1. The van der Waals surface area contributed by atoms with Crippen LogP contribution in [-0.2, 0) is 6.54 Å². The van der Waals surface area contributed by atoms with Crippen LogP contribution < -0.4 is 5.32 Å². The van der Waals surface area contributed by atoms with Gasteiger partial charge in [-0.3, -0.25) is 14.9 Å². The average molecular weight is 369 g/mol. The second kappa shape index (κ2) is 8.05. The molecule has 3 aromatic rings. The van der Waals surface area contributed by atoms with Crippen LogP contribution in [0.25, 0.3) is 10.9 Å². The van der Waals surface area contributed by atoms with Crippen LogP contribution in [0.5, 0.6) is 0 Å². The number of fused-ring (bicyclic) bond motifs is 1. The summed E-state index contributed by atoms with van der Waals surface area (Å²) in [5.74, 6) is -0.412. The van der Waals surface area contributed by atoms with E-state index in [-0.39, 0.29) is 11.3 Å². The fourth-order valence-electron chi connectivity index (χ4n) is 2.87. The average Bonchev–Trinajstić information content (AvgIpc) is 3.07. The molecule has 7 heteroatoms. The number of carbonyl (C=O) groups is 1. The Morgan fingerprint density at radius 3 is 2.81 bits per heavy atom. The number of aromatic nitrogens is 1. The largest absolute Gasteiger partial charge is 0.352 e. The van der Waals surface area contributed by atoms with Gasteiger partial charge in [0.2, 0.25) is 0 Å². The van der Waals surface area contributed by atoms with Crippen molar-refractivity contribution in [3.63, 3.8) is 0 Å². The van der Waals surface area contributed by atoms with Crippen molar-refractivity contribution in [1.29, 1.82) is 0 Å². The third-order valence-corrected chi connectivity index (χ3v) is 4.91. The zero-order chi connectivity index (χ0) is 18.5. The maximum Gasteiger partial charge on any atom is 0.282 e. The van der Waals surface area contributed by atoms with Crippen molar-refractivity contribution >= 4 is 34.3 Å². The molecule has 1 heterocycles. The van der Waals surface area contributed by atoms with E-state index in [2.05, 4.69) is 28.1 Å². The molecule has 1 amide bonds. The number of para-hydroxylation sites is 1. The summed E-state index contributed by atoms with van der Waals surface area (Å²) in [4.78, 5) is 23.8. The van der Waals surface area contributed by atoms with Gasteiger partial charge in [-0.05, 0) is 42.3 Å². The van der Waals surface area contributed by atoms with Crippen LogP contribution in [0.1, 0.15) is 16.8 Å². The number of nitrogens with zero attached hydrogens (tertiary/aromatic N) is 2. The molecular formula is C19H19N3O3S. The van der Waals surface area contributed by atoms with Gasteiger partial charge >= 0.3 is 0 Å². The Bertz CT molecular complexity index is 952. The summed E-state index contributed by atoms with van der Waals surface area (Å²) >= 11 is 1.44. The molecule has 1 aromatic heterocycles. The van der Waals surface area contributed by atoms with Gasteiger partial charge in [0.25, 0.3) is 11.6 Å². The van der Waals surface area contributed by atoms with Crippen molar-refractivity contribution in [2.75, 3.05) is 12.8 Å². The summed E-state index contributed by atoms with van der Waals surface area (Å²) in [6.07, 6.45) is 4.63. The smallest absolute Gasteiger partial charge is 0.282 e. The first-order valence-electron chi connectivity index (χ1n) is 8.24. The molecule has 2 aromatic carbocycles. The number of hydrogen-bond donors (Lipinski definition) is 1. The molecule has 0 unspecified atom stereocenters. The highest BCUT2D eigenvalue weighted by Crippen LogP contribution is 2.24. The van der Waals surface area contributed by atoms with E-state index in [0.717, 1.165) is 23.4 Å². The molecule has 0 fully saturated rings. The van der Waals surface area contributed by atoms with Crippen molar-refractivity contribution in [3.8, 4) is 0 Å². The molecule has 0 atom stereocenters. The third-order valence-electron chi connectivity index (χ3n) is 4.19. The summed E-state index contributed by atoms with van der Waals surface area (Å²) < 4.78 is 2.14. The summed E-state index contributed by atoms with van der Waals surface area (Å²) in [5.41, 5.74) is 1.09. The van der Waals surface area contributed by atoms with Crippen LogP contribution in [0.2, 0.25) is 0 Å². The Morgan fingerprint density at radius 2 is 2.04 bits per heavy atom. The van der Waals surface area contributed by atoms with Gasteiger partial charge in [-0.2, -0.15) is 0 Å². The first kappa shape index (κ1) is 18.0. The van der Waals surface area contributed by atoms with Crippen LogP contribution in [0.4, 0.5) is 5.69 Å². The van der Waals surface area contributed by atoms with Gasteiger partial charge in [-0.25, -0.2) is 0 Å².